The van der Waals surface area contributed by atoms with Crippen LogP contribution in [0.2, 0.25) is 0 Å². The second-order valence-corrected chi connectivity index (χ2v) is 3.91. The Morgan fingerprint density at radius 1 is 1.50 bits per heavy atom. The van der Waals surface area contributed by atoms with Crippen molar-refractivity contribution in [3.05, 3.63) is 35.4 Å². The summed E-state index contributed by atoms with van der Waals surface area (Å²) in [7, 11) is 0. The number of hydrogen-bond donors (Lipinski definition) is 1. The fourth-order valence-electron chi connectivity index (χ4n) is 1.24. The normalized spacial score (nSPS) is 12.9. The number of nitrogens with two attached hydrogens (primary N) is 1. The summed E-state index contributed by atoms with van der Waals surface area (Å²) in [6.07, 6.45) is 2.10. The highest BCUT2D eigenvalue weighted by Gasteiger charge is 2.06. The molecule has 0 radical (unpaired) electrons. The first-order chi connectivity index (χ1) is 5.77. The molecule has 0 fully saturated rings. The third-order valence-corrected chi connectivity index (χ3v) is 2.95. The van der Waals surface area contributed by atoms with Crippen molar-refractivity contribution in [3.63, 3.8) is 0 Å². The second kappa shape index (κ2) is 4.53. The van der Waals surface area contributed by atoms with Gasteiger partial charge in [0, 0.05) is 11.8 Å². The standard InChI is InChI=1S/C10H15NS/c1-8-4-3-5-9(6-8)10(7-11)12-2/h3-6,10H,7,11H2,1-2H3. The summed E-state index contributed by atoms with van der Waals surface area (Å²) in [5.74, 6) is 0. The molecule has 0 aromatic heterocycles. The maximum Gasteiger partial charge on any atom is 0.0416 e. The van der Waals surface area contributed by atoms with Crippen molar-refractivity contribution in [3.8, 4) is 0 Å². The third-order valence-electron chi connectivity index (χ3n) is 1.91. The molecule has 0 heterocycles. The van der Waals surface area contributed by atoms with Gasteiger partial charge in [-0.2, -0.15) is 11.8 Å². The smallest absolute Gasteiger partial charge is 0.0416 e. The zero-order valence-electron chi connectivity index (χ0n) is 7.58. The largest absolute Gasteiger partial charge is 0.329 e. The van der Waals surface area contributed by atoms with E-state index >= 15 is 0 Å². The van der Waals surface area contributed by atoms with Gasteiger partial charge in [-0.3, -0.25) is 0 Å². The lowest BCUT2D eigenvalue weighted by Crippen LogP contribution is -2.08. The molecule has 0 amide bonds. The van der Waals surface area contributed by atoms with Gasteiger partial charge in [0.15, 0.2) is 0 Å². The van der Waals surface area contributed by atoms with Gasteiger partial charge >= 0.3 is 0 Å². The van der Waals surface area contributed by atoms with Crippen LogP contribution in [0.5, 0.6) is 0 Å². The molecule has 66 valence electrons. The molecule has 0 saturated carbocycles. The lowest BCUT2D eigenvalue weighted by Gasteiger charge is -2.12. The Bertz CT molecular complexity index is 243. The predicted molar refractivity (Wildman–Crippen MR) is 56.5 cm³/mol. The van der Waals surface area contributed by atoms with E-state index in [-0.39, 0.29) is 0 Å². The minimum absolute atomic E-state index is 0.449. The Morgan fingerprint density at radius 3 is 2.75 bits per heavy atom. The van der Waals surface area contributed by atoms with E-state index in [9.17, 15) is 0 Å². The summed E-state index contributed by atoms with van der Waals surface area (Å²) in [5.41, 5.74) is 8.29. The summed E-state index contributed by atoms with van der Waals surface area (Å²) in [6, 6.07) is 8.54. The van der Waals surface area contributed by atoms with Crippen molar-refractivity contribution >= 4 is 11.8 Å². The molecule has 0 aliphatic heterocycles. The van der Waals surface area contributed by atoms with E-state index in [1.165, 1.54) is 11.1 Å². The Morgan fingerprint density at radius 2 is 2.25 bits per heavy atom. The van der Waals surface area contributed by atoms with Crippen LogP contribution in [0.1, 0.15) is 16.4 Å². The summed E-state index contributed by atoms with van der Waals surface area (Å²) in [5, 5.41) is 0.449. The van der Waals surface area contributed by atoms with E-state index in [0.29, 0.717) is 11.8 Å². The van der Waals surface area contributed by atoms with E-state index in [4.69, 9.17) is 5.73 Å². The van der Waals surface area contributed by atoms with Gasteiger partial charge in [0.05, 0.1) is 0 Å². The zero-order chi connectivity index (χ0) is 8.97. The molecule has 1 aromatic rings. The van der Waals surface area contributed by atoms with E-state index in [1.54, 1.807) is 11.8 Å². The van der Waals surface area contributed by atoms with E-state index in [0.717, 1.165) is 0 Å². The van der Waals surface area contributed by atoms with Crippen molar-refractivity contribution in [2.24, 2.45) is 5.73 Å². The Labute approximate surface area is 78.4 Å². The summed E-state index contributed by atoms with van der Waals surface area (Å²) >= 11 is 1.81. The topological polar surface area (TPSA) is 26.0 Å². The predicted octanol–water partition coefficient (Wildman–Crippen LogP) is 2.36. The summed E-state index contributed by atoms with van der Waals surface area (Å²) in [4.78, 5) is 0. The molecule has 2 heteroatoms. The maximum atomic E-state index is 5.64. The average molecular weight is 181 g/mol. The van der Waals surface area contributed by atoms with Crippen molar-refractivity contribution < 1.29 is 0 Å². The highest BCUT2D eigenvalue weighted by molar-refractivity contribution is 7.98. The van der Waals surface area contributed by atoms with E-state index in [2.05, 4.69) is 37.4 Å². The highest BCUT2D eigenvalue weighted by atomic mass is 32.2. The van der Waals surface area contributed by atoms with Crippen LogP contribution in [-0.2, 0) is 0 Å². The molecule has 1 rings (SSSR count). The van der Waals surface area contributed by atoms with Gasteiger partial charge in [0.1, 0.15) is 0 Å². The zero-order valence-corrected chi connectivity index (χ0v) is 8.40. The maximum absolute atomic E-state index is 5.64. The van der Waals surface area contributed by atoms with Gasteiger partial charge in [-0.1, -0.05) is 29.8 Å². The monoisotopic (exact) mass is 181 g/mol. The van der Waals surface area contributed by atoms with Crippen LogP contribution in [0, 0.1) is 6.92 Å². The van der Waals surface area contributed by atoms with Crippen LogP contribution >= 0.6 is 11.8 Å². The summed E-state index contributed by atoms with van der Waals surface area (Å²) in [6.45, 7) is 2.82. The number of hydrogen-bond acceptors (Lipinski definition) is 2. The first-order valence-corrected chi connectivity index (χ1v) is 5.36. The lowest BCUT2D eigenvalue weighted by atomic mass is 10.1. The van der Waals surface area contributed by atoms with Crippen LogP contribution < -0.4 is 5.73 Å². The van der Waals surface area contributed by atoms with Gasteiger partial charge in [0.25, 0.3) is 0 Å². The van der Waals surface area contributed by atoms with Crippen LogP contribution in [0.4, 0.5) is 0 Å². The SMILES string of the molecule is CSC(CN)c1cccc(C)c1. The molecule has 0 aliphatic carbocycles. The van der Waals surface area contributed by atoms with E-state index < -0.39 is 0 Å². The lowest BCUT2D eigenvalue weighted by molar-refractivity contribution is 0.943. The first kappa shape index (κ1) is 9.62. The Balaban J connectivity index is 2.85. The van der Waals surface area contributed by atoms with Gasteiger partial charge in [0.2, 0.25) is 0 Å². The molecule has 12 heavy (non-hydrogen) atoms. The molecule has 1 nitrogen and oxygen atoms in total. The van der Waals surface area contributed by atoms with Gasteiger partial charge in [-0.15, -0.1) is 0 Å². The van der Waals surface area contributed by atoms with Gasteiger partial charge in [-0.25, -0.2) is 0 Å². The molecular weight excluding hydrogens is 166 g/mol. The Hall–Kier alpha value is -0.470. The van der Waals surface area contributed by atoms with Crippen molar-refractivity contribution in [2.45, 2.75) is 12.2 Å². The number of benzene rings is 1. The minimum atomic E-state index is 0.449. The highest BCUT2D eigenvalue weighted by Crippen LogP contribution is 2.25. The fourth-order valence-corrected chi connectivity index (χ4v) is 1.85. The van der Waals surface area contributed by atoms with E-state index in [1.807, 2.05) is 0 Å². The number of rotatable bonds is 3. The molecule has 1 unspecified atom stereocenters. The van der Waals surface area contributed by atoms with Crippen molar-refractivity contribution in [1.82, 2.24) is 0 Å². The molecule has 0 spiro atoms. The molecule has 0 aliphatic rings. The molecule has 1 atom stereocenters. The third kappa shape index (κ3) is 2.26. The number of thioether (sulfide) groups is 1. The quantitative estimate of drug-likeness (QED) is 0.774. The van der Waals surface area contributed by atoms with Crippen LogP contribution in [0.3, 0.4) is 0 Å². The Kier molecular flexibility index (Phi) is 3.63. The number of aryl methyl sites for hydroxylation is 1. The van der Waals surface area contributed by atoms with Crippen LogP contribution in [0.15, 0.2) is 24.3 Å². The average Bonchev–Trinajstić information content (AvgIpc) is 2.07. The van der Waals surface area contributed by atoms with Crippen molar-refractivity contribution in [2.75, 3.05) is 12.8 Å². The second-order valence-electron chi connectivity index (χ2n) is 2.87. The summed E-state index contributed by atoms with van der Waals surface area (Å²) < 4.78 is 0. The van der Waals surface area contributed by atoms with Crippen LogP contribution in [0.25, 0.3) is 0 Å². The molecular formula is C10H15NS. The molecule has 2 N–H and O–H groups in total. The minimum Gasteiger partial charge on any atom is -0.329 e. The van der Waals surface area contributed by atoms with Gasteiger partial charge < -0.3 is 5.73 Å². The van der Waals surface area contributed by atoms with Crippen LogP contribution in [-0.4, -0.2) is 12.8 Å². The first-order valence-electron chi connectivity index (χ1n) is 4.07. The fraction of sp³-hybridized carbons (Fsp3) is 0.400. The molecule has 1 aromatic carbocycles. The molecule has 0 saturated heterocycles. The molecule has 0 bridgehead atoms. The van der Waals surface area contributed by atoms with Crippen molar-refractivity contribution in [1.29, 1.82) is 0 Å². The van der Waals surface area contributed by atoms with Gasteiger partial charge in [-0.05, 0) is 18.7 Å².